The van der Waals surface area contributed by atoms with Gasteiger partial charge in [0.15, 0.2) is 11.5 Å². The molecule has 0 saturated heterocycles. The van der Waals surface area contributed by atoms with E-state index >= 15 is 0 Å². The molecule has 0 fully saturated rings. The van der Waals surface area contributed by atoms with Crippen molar-refractivity contribution in [2.45, 2.75) is 18.0 Å². The van der Waals surface area contributed by atoms with Crippen LogP contribution in [0, 0.1) is 0 Å². The van der Waals surface area contributed by atoms with Gasteiger partial charge in [0.1, 0.15) is 0 Å². The monoisotopic (exact) mass is 398 g/mol. The number of methoxy groups -OCH3 is 2. The highest BCUT2D eigenvalue weighted by Gasteiger charge is 2.25. The van der Waals surface area contributed by atoms with Crippen LogP contribution in [0.3, 0.4) is 0 Å². The number of pyridine rings is 1. The van der Waals surface area contributed by atoms with Gasteiger partial charge in [0, 0.05) is 25.5 Å². The van der Waals surface area contributed by atoms with E-state index in [1.807, 2.05) is 12.1 Å². The summed E-state index contributed by atoms with van der Waals surface area (Å²) in [7, 11) is -0.586. The van der Waals surface area contributed by atoms with Crippen LogP contribution in [0.4, 0.5) is 0 Å². The van der Waals surface area contributed by atoms with E-state index in [1.54, 1.807) is 75.1 Å². The average Bonchev–Trinajstić information content (AvgIpc) is 2.74. The minimum absolute atomic E-state index is 0.187. The summed E-state index contributed by atoms with van der Waals surface area (Å²) in [6, 6.07) is 17.4. The van der Waals surface area contributed by atoms with Gasteiger partial charge in [-0.2, -0.15) is 4.31 Å². The maximum atomic E-state index is 13.3. The molecular formula is C21H22N2O4S. The van der Waals surface area contributed by atoms with Crippen LogP contribution in [-0.4, -0.2) is 31.9 Å². The largest absolute Gasteiger partial charge is 0.493 e. The van der Waals surface area contributed by atoms with Crippen molar-refractivity contribution in [3.8, 4) is 11.5 Å². The van der Waals surface area contributed by atoms with Crippen molar-refractivity contribution in [3.63, 3.8) is 0 Å². The summed E-state index contributed by atoms with van der Waals surface area (Å²) in [6.45, 7) is 0.395. The first-order chi connectivity index (χ1) is 13.5. The summed E-state index contributed by atoms with van der Waals surface area (Å²) >= 11 is 0. The lowest BCUT2D eigenvalue weighted by Crippen LogP contribution is -2.30. The van der Waals surface area contributed by atoms with Gasteiger partial charge < -0.3 is 9.47 Å². The Morgan fingerprint density at radius 2 is 1.57 bits per heavy atom. The van der Waals surface area contributed by atoms with E-state index in [4.69, 9.17) is 9.47 Å². The molecule has 0 aliphatic carbocycles. The summed E-state index contributed by atoms with van der Waals surface area (Å²) in [5.41, 5.74) is 1.60. The molecule has 146 valence electrons. The van der Waals surface area contributed by atoms with Gasteiger partial charge in [-0.05, 0) is 41.5 Å². The molecule has 0 aliphatic heterocycles. The Balaban J connectivity index is 1.97. The standard InChI is InChI=1S/C21H22N2O4S/c1-26-20-11-10-17(13-21(20)27-2)15-23(16-18-7-6-12-22-14-18)28(24,25)19-8-4-3-5-9-19/h3-14H,15-16H2,1-2H3. The Bertz CT molecular complexity index is 1010. The number of hydrogen-bond donors (Lipinski definition) is 0. The first kappa shape index (κ1) is 19.9. The zero-order valence-corrected chi connectivity index (χ0v) is 16.6. The summed E-state index contributed by atoms with van der Waals surface area (Å²) < 4.78 is 38.6. The van der Waals surface area contributed by atoms with Crippen LogP contribution < -0.4 is 9.47 Å². The van der Waals surface area contributed by atoms with Crippen LogP contribution >= 0.6 is 0 Å². The first-order valence-electron chi connectivity index (χ1n) is 8.69. The third-order valence-corrected chi connectivity index (χ3v) is 6.08. The fraction of sp³-hybridized carbons (Fsp3) is 0.190. The highest BCUT2D eigenvalue weighted by Crippen LogP contribution is 2.29. The summed E-state index contributed by atoms with van der Waals surface area (Å²) in [4.78, 5) is 4.34. The highest BCUT2D eigenvalue weighted by atomic mass is 32.2. The predicted octanol–water partition coefficient (Wildman–Crippen LogP) is 3.49. The molecule has 0 amide bonds. The lowest BCUT2D eigenvalue weighted by molar-refractivity contribution is 0.352. The lowest BCUT2D eigenvalue weighted by Gasteiger charge is -2.23. The SMILES string of the molecule is COc1ccc(CN(Cc2cccnc2)S(=O)(=O)c2ccccc2)cc1OC. The van der Waals surface area contributed by atoms with E-state index in [0.29, 0.717) is 11.5 Å². The van der Waals surface area contributed by atoms with Crippen molar-refractivity contribution in [3.05, 3.63) is 84.2 Å². The fourth-order valence-electron chi connectivity index (χ4n) is 2.85. The zero-order chi connectivity index (χ0) is 20.0. The Hall–Kier alpha value is -2.90. The molecular weight excluding hydrogens is 376 g/mol. The molecule has 0 saturated carbocycles. The smallest absolute Gasteiger partial charge is 0.243 e. The maximum absolute atomic E-state index is 13.3. The van der Waals surface area contributed by atoms with Gasteiger partial charge in [-0.3, -0.25) is 4.98 Å². The number of nitrogens with zero attached hydrogens (tertiary/aromatic N) is 2. The number of hydrogen-bond acceptors (Lipinski definition) is 5. The molecule has 0 aliphatic rings. The second kappa shape index (κ2) is 8.86. The summed E-state index contributed by atoms with van der Waals surface area (Å²) in [6.07, 6.45) is 3.33. The van der Waals surface area contributed by atoms with E-state index in [2.05, 4.69) is 4.98 Å². The van der Waals surface area contributed by atoms with Crippen molar-refractivity contribution in [2.75, 3.05) is 14.2 Å². The molecule has 3 rings (SSSR count). The van der Waals surface area contributed by atoms with E-state index in [9.17, 15) is 8.42 Å². The van der Waals surface area contributed by atoms with Crippen LogP contribution in [0.1, 0.15) is 11.1 Å². The van der Waals surface area contributed by atoms with E-state index < -0.39 is 10.0 Å². The average molecular weight is 398 g/mol. The Morgan fingerprint density at radius 1 is 0.857 bits per heavy atom. The number of ether oxygens (including phenoxy) is 2. The van der Waals surface area contributed by atoms with Gasteiger partial charge in [-0.1, -0.05) is 30.3 Å². The molecule has 1 aromatic heterocycles. The van der Waals surface area contributed by atoms with Gasteiger partial charge in [-0.25, -0.2) is 8.42 Å². The molecule has 28 heavy (non-hydrogen) atoms. The van der Waals surface area contributed by atoms with Crippen LogP contribution in [0.15, 0.2) is 78.0 Å². The van der Waals surface area contributed by atoms with Gasteiger partial charge >= 0.3 is 0 Å². The molecule has 0 spiro atoms. The lowest BCUT2D eigenvalue weighted by atomic mass is 10.2. The molecule has 7 heteroatoms. The number of benzene rings is 2. The molecule has 0 N–H and O–H groups in total. The fourth-order valence-corrected chi connectivity index (χ4v) is 4.28. The minimum atomic E-state index is -3.70. The van der Waals surface area contributed by atoms with Crippen LogP contribution in [0.2, 0.25) is 0 Å². The van der Waals surface area contributed by atoms with Crippen LogP contribution in [-0.2, 0) is 23.1 Å². The maximum Gasteiger partial charge on any atom is 0.243 e. The second-order valence-electron chi connectivity index (χ2n) is 6.14. The zero-order valence-electron chi connectivity index (χ0n) is 15.8. The number of rotatable bonds is 8. The normalized spacial score (nSPS) is 11.4. The van der Waals surface area contributed by atoms with Gasteiger partial charge in [0.25, 0.3) is 0 Å². The first-order valence-corrected chi connectivity index (χ1v) is 10.1. The minimum Gasteiger partial charge on any atom is -0.493 e. The van der Waals surface area contributed by atoms with E-state index in [-0.39, 0.29) is 18.0 Å². The van der Waals surface area contributed by atoms with Crippen molar-refractivity contribution in [2.24, 2.45) is 0 Å². The highest BCUT2D eigenvalue weighted by molar-refractivity contribution is 7.89. The van der Waals surface area contributed by atoms with Crippen molar-refractivity contribution < 1.29 is 17.9 Å². The molecule has 2 aromatic carbocycles. The van der Waals surface area contributed by atoms with Crippen molar-refractivity contribution in [1.29, 1.82) is 0 Å². The molecule has 0 radical (unpaired) electrons. The number of aromatic nitrogens is 1. The van der Waals surface area contributed by atoms with Crippen molar-refractivity contribution >= 4 is 10.0 Å². The summed E-state index contributed by atoms with van der Waals surface area (Å²) in [5.74, 6) is 1.15. The van der Waals surface area contributed by atoms with Crippen LogP contribution in [0.25, 0.3) is 0 Å². The molecule has 0 atom stereocenters. The van der Waals surface area contributed by atoms with Gasteiger partial charge in [0.05, 0.1) is 19.1 Å². The molecule has 0 bridgehead atoms. The quantitative estimate of drug-likeness (QED) is 0.581. The topological polar surface area (TPSA) is 68.7 Å². The molecule has 6 nitrogen and oxygen atoms in total. The third kappa shape index (κ3) is 4.49. The second-order valence-corrected chi connectivity index (χ2v) is 8.07. The Labute approximate surface area is 165 Å². The van der Waals surface area contributed by atoms with Gasteiger partial charge in [-0.15, -0.1) is 0 Å². The van der Waals surface area contributed by atoms with Crippen LogP contribution in [0.5, 0.6) is 11.5 Å². The van der Waals surface area contributed by atoms with Gasteiger partial charge in [0.2, 0.25) is 10.0 Å². The molecule has 1 heterocycles. The van der Waals surface area contributed by atoms with E-state index in [1.165, 1.54) is 4.31 Å². The number of sulfonamides is 1. The summed E-state index contributed by atoms with van der Waals surface area (Å²) in [5, 5.41) is 0. The third-order valence-electron chi connectivity index (χ3n) is 4.27. The van der Waals surface area contributed by atoms with Crippen molar-refractivity contribution in [1.82, 2.24) is 9.29 Å². The molecule has 3 aromatic rings. The Morgan fingerprint density at radius 3 is 2.21 bits per heavy atom. The molecule has 0 unspecified atom stereocenters. The Kier molecular flexibility index (Phi) is 6.28. The predicted molar refractivity (Wildman–Crippen MR) is 107 cm³/mol. The van der Waals surface area contributed by atoms with E-state index in [0.717, 1.165) is 11.1 Å².